The molecule has 1 aliphatic carbocycles. The maximum atomic E-state index is 13.1. The molecule has 2 fully saturated rings. The zero-order valence-electron chi connectivity index (χ0n) is 20.2. The average molecular weight is 501 g/mol. The van der Waals surface area contributed by atoms with Gasteiger partial charge in [0.05, 0.1) is 29.4 Å². The summed E-state index contributed by atoms with van der Waals surface area (Å²) in [5.74, 6) is -0.248. The third kappa shape index (κ3) is 5.36. The molecule has 1 aliphatic heterocycles. The van der Waals surface area contributed by atoms with E-state index in [2.05, 4.69) is 5.32 Å². The first-order valence-electron chi connectivity index (χ1n) is 12.1. The second-order valence-corrected chi connectivity index (χ2v) is 10.9. The molecule has 0 spiro atoms. The van der Waals surface area contributed by atoms with Crippen LogP contribution in [0.3, 0.4) is 0 Å². The van der Waals surface area contributed by atoms with Crippen molar-refractivity contribution >= 4 is 27.6 Å². The van der Waals surface area contributed by atoms with E-state index in [1.165, 1.54) is 16.4 Å². The van der Waals surface area contributed by atoms with Gasteiger partial charge in [0.2, 0.25) is 15.9 Å². The number of nitrogens with zero attached hydrogens (tertiary/aromatic N) is 1. The maximum Gasteiger partial charge on any atom is 0.316 e. The van der Waals surface area contributed by atoms with Crippen LogP contribution in [-0.2, 0) is 29.8 Å². The van der Waals surface area contributed by atoms with Crippen molar-refractivity contribution in [3.8, 4) is 5.75 Å². The Morgan fingerprint density at radius 3 is 2.31 bits per heavy atom. The molecular weight excluding hydrogens is 468 g/mol. The largest absolute Gasteiger partial charge is 0.494 e. The molecule has 2 aromatic rings. The fraction of sp³-hybridized carbons (Fsp3) is 0.462. The molecule has 2 aliphatic rings. The van der Waals surface area contributed by atoms with E-state index in [1.54, 1.807) is 31.2 Å². The lowest BCUT2D eigenvalue weighted by atomic mass is 9.95. The molecule has 1 N–H and O–H groups in total. The normalized spacial score (nSPS) is 19.5. The fourth-order valence-electron chi connectivity index (χ4n) is 4.52. The summed E-state index contributed by atoms with van der Waals surface area (Å²) in [6.45, 7) is 5.02. The number of anilines is 1. The van der Waals surface area contributed by atoms with Crippen molar-refractivity contribution in [1.82, 2.24) is 4.31 Å². The molecule has 188 valence electrons. The van der Waals surface area contributed by atoms with Gasteiger partial charge in [0, 0.05) is 18.8 Å². The van der Waals surface area contributed by atoms with Crippen LogP contribution >= 0.6 is 0 Å². The second kappa shape index (κ2) is 10.4. The Morgan fingerprint density at radius 1 is 1.03 bits per heavy atom. The van der Waals surface area contributed by atoms with Crippen LogP contribution < -0.4 is 10.1 Å². The van der Waals surface area contributed by atoms with Crippen molar-refractivity contribution in [3.63, 3.8) is 0 Å². The summed E-state index contributed by atoms with van der Waals surface area (Å²) in [5.41, 5.74) is 0.946. The van der Waals surface area contributed by atoms with E-state index in [9.17, 15) is 18.0 Å². The van der Waals surface area contributed by atoms with Crippen LogP contribution in [0.25, 0.3) is 0 Å². The number of esters is 1. The number of rotatable bonds is 9. The van der Waals surface area contributed by atoms with E-state index in [1.807, 2.05) is 19.1 Å². The van der Waals surface area contributed by atoms with Gasteiger partial charge in [0.25, 0.3) is 0 Å². The number of ether oxygens (including phenoxy) is 2. The zero-order chi connectivity index (χ0) is 25.1. The molecule has 0 radical (unpaired) electrons. The maximum absolute atomic E-state index is 13.1. The summed E-state index contributed by atoms with van der Waals surface area (Å²) in [4.78, 5) is 25.5. The number of piperidine rings is 1. The van der Waals surface area contributed by atoms with E-state index in [-0.39, 0.29) is 23.3 Å². The number of sulfonamides is 1. The van der Waals surface area contributed by atoms with Crippen LogP contribution in [0.15, 0.2) is 53.4 Å². The Kier molecular flexibility index (Phi) is 7.47. The topological polar surface area (TPSA) is 102 Å². The lowest BCUT2D eigenvalue weighted by molar-refractivity contribution is -0.146. The summed E-state index contributed by atoms with van der Waals surface area (Å²) < 4.78 is 38.3. The van der Waals surface area contributed by atoms with E-state index in [0.717, 1.165) is 18.4 Å². The van der Waals surface area contributed by atoms with Crippen LogP contribution in [0.4, 0.5) is 5.69 Å². The molecule has 0 bridgehead atoms. The molecule has 1 saturated carbocycles. The van der Waals surface area contributed by atoms with Gasteiger partial charge in [-0.05, 0) is 81.5 Å². The molecule has 8 nitrogen and oxygen atoms in total. The third-order valence-electron chi connectivity index (χ3n) is 6.65. The number of nitrogens with one attached hydrogen (secondary N) is 1. The van der Waals surface area contributed by atoms with Crippen LogP contribution in [0, 0.1) is 5.92 Å². The first-order chi connectivity index (χ1) is 16.8. The Bertz CT molecular complexity index is 1160. The van der Waals surface area contributed by atoms with Gasteiger partial charge < -0.3 is 14.8 Å². The van der Waals surface area contributed by atoms with E-state index >= 15 is 0 Å². The first kappa shape index (κ1) is 25.2. The number of carbonyl (C=O) groups excluding carboxylic acids is 2. The third-order valence-corrected chi connectivity index (χ3v) is 8.53. The zero-order valence-corrected chi connectivity index (χ0v) is 21.0. The molecule has 2 aromatic carbocycles. The van der Waals surface area contributed by atoms with Gasteiger partial charge in [-0.1, -0.05) is 12.1 Å². The van der Waals surface area contributed by atoms with Crippen molar-refractivity contribution in [1.29, 1.82) is 0 Å². The van der Waals surface area contributed by atoms with Gasteiger partial charge in [-0.25, -0.2) is 8.42 Å². The highest BCUT2D eigenvalue weighted by molar-refractivity contribution is 7.89. The monoisotopic (exact) mass is 500 g/mol. The molecule has 0 unspecified atom stereocenters. The highest BCUT2D eigenvalue weighted by atomic mass is 32.2. The second-order valence-electron chi connectivity index (χ2n) is 8.98. The summed E-state index contributed by atoms with van der Waals surface area (Å²) >= 11 is 0. The van der Waals surface area contributed by atoms with Crippen molar-refractivity contribution in [2.24, 2.45) is 5.92 Å². The average Bonchev–Trinajstić information content (AvgIpc) is 3.68. The SMILES string of the molecule is CCOC(=O)C1(c2ccc(NC(=O)[C@H]3CCCN(S(=O)(=O)c4ccc(OCC)cc4)C3)cc2)CC1. The summed E-state index contributed by atoms with van der Waals surface area (Å²) in [6, 6.07) is 13.6. The van der Waals surface area contributed by atoms with Gasteiger partial charge >= 0.3 is 5.97 Å². The molecule has 0 aromatic heterocycles. The minimum absolute atomic E-state index is 0.130. The van der Waals surface area contributed by atoms with Gasteiger partial charge in [-0.3, -0.25) is 9.59 Å². The predicted molar refractivity (Wildman–Crippen MR) is 132 cm³/mol. The van der Waals surface area contributed by atoms with Crippen molar-refractivity contribution < 1.29 is 27.5 Å². The molecule has 1 atom stereocenters. The molecular formula is C26H32N2O6S. The number of benzene rings is 2. The standard InChI is InChI=1S/C26H32N2O6S/c1-3-33-22-11-13-23(14-12-22)35(31,32)28-17-5-6-19(18-28)24(29)27-21-9-7-20(8-10-21)26(15-16-26)25(30)34-4-2/h7-14,19H,3-6,15-18H2,1-2H3,(H,27,29)/t19-/m0/s1. The lowest BCUT2D eigenvalue weighted by Crippen LogP contribution is -2.43. The smallest absolute Gasteiger partial charge is 0.316 e. The summed E-state index contributed by atoms with van der Waals surface area (Å²) in [6.07, 6.45) is 2.75. The Balaban J connectivity index is 1.39. The number of amides is 1. The van der Waals surface area contributed by atoms with Crippen molar-refractivity contribution in [3.05, 3.63) is 54.1 Å². The highest BCUT2D eigenvalue weighted by Crippen LogP contribution is 2.49. The molecule has 9 heteroatoms. The van der Waals surface area contributed by atoms with Gasteiger partial charge in [0.15, 0.2) is 0 Å². The lowest BCUT2D eigenvalue weighted by Gasteiger charge is -2.31. The fourth-order valence-corrected chi connectivity index (χ4v) is 6.04. The number of hydrogen-bond acceptors (Lipinski definition) is 6. The summed E-state index contributed by atoms with van der Waals surface area (Å²) in [5, 5.41) is 2.91. The highest BCUT2D eigenvalue weighted by Gasteiger charge is 2.52. The van der Waals surface area contributed by atoms with Gasteiger partial charge in [-0.2, -0.15) is 4.31 Å². The van der Waals surface area contributed by atoms with Gasteiger partial charge in [0.1, 0.15) is 5.75 Å². The van der Waals surface area contributed by atoms with E-state index < -0.39 is 21.4 Å². The van der Waals surface area contributed by atoms with E-state index in [0.29, 0.717) is 44.0 Å². The Hall–Kier alpha value is -2.91. The molecule has 1 amide bonds. The number of hydrogen-bond donors (Lipinski definition) is 1. The summed E-state index contributed by atoms with van der Waals surface area (Å²) in [7, 11) is -3.71. The molecule has 1 saturated heterocycles. The quantitative estimate of drug-likeness (QED) is 0.527. The van der Waals surface area contributed by atoms with E-state index in [4.69, 9.17) is 9.47 Å². The van der Waals surface area contributed by atoms with Gasteiger partial charge in [-0.15, -0.1) is 0 Å². The predicted octanol–water partition coefficient (Wildman–Crippen LogP) is 3.72. The van der Waals surface area contributed by atoms with Crippen molar-refractivity contribution in [2.75, 3.05) is 31.6 Å². The molecule has 4 rings (SSSR count). The minimum atomic E-state index is -3.71. The minimum Gasteiger partial charge on any atom is -0.494 e. The molecule has 1 heterocycles. The molecule has 35 heavy (non-hydrogen) atoms. The van der Waals surface area contributed by atoms with Crippen LogP contribution in [0.1, 0.15) is 45.1 Å². The first-order valence-corrected chi connectivity index (χ1v) is 13.6. The van der Waals surface area contributed by atoms with Crippen LogP contribution in [0.5, 0.6) is 5.75 Å². The Morgan fingerprint density at radius 2 is 1.71 bits per heavy atom. The Labute approximate surface area is 206 Å². The van der Waals surface area contributed by atoms with Crippen molar-refractivity contribution in [2.45, 2.75) is 49.8 Å². The van der Waals surface area contributed by atoms with Crippen LogP contribution in [0.2, 0.25) is 0 Å². The number of carbonyl (C=O) groups is 2. The van der Waals surface area contributed by atoms with Crippen LogP contribution in [-0.4, -0.2) is 50.9 Å².